The number of likely N-dealkylation sites (tertiary alicyclic amines) is 1. The molecule has 11 heteroatoms. The minimum Gasteiger partial charge on any atom is -0.444 e. The van der Waals surface area contributed by atoms with Crippen LogP contribution in [0.1, 0.15) is 26.9 Å². The number of fused-ring (bicyclic) bond motifs is 1. The fourth-order valence-electron chi connectivity index (χ4n) is 2.89. The lowest BCUT2D eigenvalue weighted by Crippen LogP contribution is -2.60. The number of imidazole rings is 1. The number of piperidine rings is 1. The number of aliphatic hydroxyl groups excluding tert-OH is 3. The van der Waals surface area contributed by atoms with Crippen molar-refractivity contribution < 1.29 is 24.9 Å². The van der Waals surface area contributed by atoms with Crippen molar-refractivity contribution in [2.75, 3.05) is 12.3 Å². The van der Waals surface area contributed by atoms with Gasteiger partial charge >= 0.3 is 6.09 Å². The van der Waals surface area contributed by atoms with Gasteiger partial charge in [-0.3, -0.25) is 9.47 Å². The van der Waals surface area contributed by atoms with Crippen LogP contribution in [0.15, 0.2) is 12.7 Å². The van der Waals surface area contributed by atoms with Crippen LogP contribution in [0.5, 0.6) is 0 Å². The normalized spacial score (nSPS) is 26.9. The van der Waals surface area contributed by atoms with Crippen LogP contribution in [0.3, 0.4) is 0 Å². The fourth-order valence-corrected chi connectivity index (χ4v) is 2.89. The lowest BCUT2D eigenvalue weighted by molar-refractivity contribution is -0.151. The lowest BCUT2D eigenvalue weighted by atomic mass is 9.99. The number of amides is 1. The van der Waals surface area contributed by atoms with Crippen LogP contribution < -0.4 is 5.73 Å². The van der Waals surface area contributed by atoms with E-state index in [1.165, 1.54) is 17.2 Å². The second kappa shape index (κ2) is 6.34. The van der Waals surface area contributed by atoms with Gasteiger partial charge in [0, 0.05) is 0 Å². The minimum atomic E-state index is -1.50. The molecule has 3 rings (SSSR count). The number of anilines is 1. The van der Waals surface area contributed by atoms with E-state index >= 15 is 0 Å². The van der Waals surface area contributed by atoms with Gasteiger partial charge < -0.3 is 25.8 Å². The third kappa shape index (κ3) is 3.16. The van der Waals surface area contributed by atoms with Crippen molar-refractivity contribution in [1.82, 2.24) is 24.4 Å². The van der Waals surface area contributed by atoms with Crippen molar-refractivity contribution in [3.8, 4) is 0 Å². The molecule has 1 aliphatic heterocycles. The summed E-state index contributed by atoms with van der Waals surface area (Å²) in [4.78, 5) is 25.8. The zero-order chi connectivity index (χ0) is 19.2. The van der Waals surface area contributed by atoms with E-state index in [-0.39, 0.29) is 18.0 Å². The summed E-state index contributed by atoms with van der Waals surface area (Å²) in [5.41, 5.74) is 5.57. The van der Waals surface area contributed by atoms with Crippen LogP contribution >= 0.6 is 0 Å². The van der Waals surface area contributed by atoms with Gasteiger partial charge in [-0.25, -0.2) is 19.7 Å². The van der Waals surface area contributed by atoms with E-state index in [0.717, 1.165) is 4.90 Å². The Hall–Kier alpha value is -2.50. The zero-order valence-electron chi connectivity index (χ0n) is 14.6. The van der Waals surface area contributed by atoms with Gasteiger partial charge in [0.2, 0.25) is 0 Å². The molecule has 2 aromatic rings. The van der Waals surface area contributed by atoms with Gasteiger partial charge in [0.25, 0.3) is 0 Å². The van der Waals surface area contributed by atoms with Crippen LogP contribution in [0.2, 0.25) is 0 Å². The molecule has 0 bridgehead atoms. The Morgan fingerprint density at radius 1 is 1.23 bits per heavy atom. The van der Waals surface area contributed by atoms with Crippen molar-refractivity contribution >= 4 is 23.1 Å². The second-order valence-corrected chi connectivity index (χ2v) is 7.18. The van der Waals surface area contributed by atoms with Crippen LogP contribution in [0.25, 0.3) is 11.2 Å². The standard InChI is InChI=1S/C15H22N6O5/c1-15(2,3)26-14(25)20-4-7(22)9(23)10(24)13(20)21-6-19-8-11(16)17-5-18-12(8)21/h5-7,9-10,13,22-24H,4H2,1-3H3,(H2,16,17,18)/t7-,9-,10+,13+/m1/s1. The first kappa shape index (κ1) is 18.3. The molecule has 0 radical (unpaired) electrons. The molecule has 4 atom stereocenters. The van der Waals surface area contributed by atoms with Crippen molar-refractivity contribution in [3.05, 3.63) is 12.7 Å². The number of carbonyl (C=O) groups excluding carboxylic acids is 1. The number of nitrogens with two attached hydrogens (primary N) is 1. The van der Waals surface area contributed by atoms with E-state index in [9.17, 15) is 20.1 Å². The quantitative estimate of drug-likeness (QED) is 0.508. The van der Waals surface area contributed by atoms with Crippen molar-refractivity contribution in [3.63, 3.8) is 0 Å². The van der Waals surface area contributed by atoms with E-state index in [1.54, 1.807) is 20.8 Å². The smallest absolute Gasteiger partial charge is 0.412 e. The van der Waals surface area contributed by atoms with E-state index in [4.69, 9.17) is 10.5 Å². The molecular weight excluding hydrogens is 344 g/mol. The maximum Gasteiger partial charge on any atom is 0.412 e. The summed E-state index contributed by atoms with van der Waals surface area (Å²) in [7, 11) is 0. The van der Waals surface area contributed by atoms with Gasteiger partial charge in [0.1, 0.15) is 41.9 Å². The van der Waals surface area contributed by atoms with E-state index < -0.39 is 36.2 Å². The van der Waals surface area contributed by atoms with E-state index in [1.807, 2.05) is 0 Å². The molecule has 1 aliphatic rings. The Balaban J connectivity index is 2.06. The molecule has 1 amide bonds. The monoisotopic (exact) mass is 366 g/mol. The SMILES string of the molecule is CC(C)(C)OC(=O)N1C[C@@H](O)[C@@H](O)[C@H](O)[C@@H]1n1cnc2c(N)ncnc21. The first-order valence-corrected chi connectivity index (χ1v) is 8.07. The van der Waals surface area contributed by atoms with Crippen molar-refractivity contribution in [2.45, 2.75) is 50.8 Å². The summed E-state index contributed by atoms with van der Waals surface area (Å²) in [6.07, 6.45) is -3.57. The number of ether oxygens (including phenoxy) is 1. The van der Waals surface area contributed by atoms with Gasteiger partial charge in [-0.15, -0.1) is 0 Å². The first-order chi connectivity index (χ1) is 12.1. The number of aliphatic hydroxyl groups is 3. The van der Waals surface area contributed by atoms with E-state index in [2.05, 4.69) is 15.0 Å². The summed E-state index contributed by atoms with van der Waals surface area (Å²) in [5, 5.41) is 30.7. The van der Waals surface area contributed by atoms with Crippen LogP contribution in [0, 0.1) is 0 Å². The largest absolute Gasteiger partial charge is 0.444 e. The molecule has 26 heavy (non-hydrogen) atoms. The summed E-state index contributed by atoms with van der Waals surface area (Å²) < 4.78 is 6.76. The Kier molecular flexibility index (Phi) is 4.46. The van der Waals surface area contributed by atoms with Gasteiger partial charge in [-0.05, 0) is 20.8 Å². The summed E-state index contributed by atoms with van der Waals surface area (Å²) >= 11 is 0. The molecule has 2 aromatic heterocycles. The number of rotatable bonds is 1. The number of β-amino-alcohol motifs (C(OH)–C–C–N with tert-alkyl or cyclic N) is 1. The molecule has 142 valence electrons. The Morgan fingerprint density at radius 2 is 1.92 bits per heavy atom. The molecule has 1 saturated heterocycles. The van der Waals surface area contributed by atoms with Crippen molar-refractivity contribution in [1.29, 1.82) is 0 Å². The summed E-state index contributed by atoms with van der Waals surface area (Å²) in [6, 6.07) is 0. The third-order valence-electron chi connectivity index (χ3n) is 4.05. The number of aromatic nitrogens is 4. The Bertz CT molecular complexity index is 818. The van der Waals surface area contributed by atoms with Gasteiger partial charge in [-0.2, -0.15) is 0 Å². The van der Waals surface area contributed by atoms with E-state index in [0.29, 0.717) is 5.52 Å². The zero-order valence-corrected chi connectivity index (χ0v) is 14.6. The highest BCUT2D eigenvalue weighted by atomic mass is 16.6. The molecule has 3 heterocycles. The van der Waals surface area contributed by atoms with Crippen LogP contribution in [0.4, 0.5) is 10.6 Å². The highest BCUT2D eigenvalue weighted by Gasteiger charge is 2.46. The molecule has 0 unspecified atom stereocenters. The molecule has 1 fully saturated rings. The summed E-state index contributed by atoms with van der Waals surface area (Å²) in [5.74, 6) is 0.142. The predicted octanol–water partition coefficient (Wildman–Crippen LogP) is -0.760. The highest BCUT2D eigenvalue weighted by Crippen LogP contribution is 2.31. The van der Waals surface area contributed by atoms with Gasteiger partial charge in [0.05, 0.1) is 12.9 Å². The van der Waals surface area contributed by atoms with Crippen molar-refractivity contribution in [2.24, 2.45) is 0 Å². The second-order valence-electron chi connectivity index (χ2n) is 7.18. The molecule has 0 saturated carbocycles. The number of hydrogen-bond donors (Lipinski definition) is 4. The van der Waals surface area contributed by atoms with Crippen LogP contribution in [-0.4, -0.2) is 76.3 Å². The number of nitrogens with zero attached hydrogens (tertiary/aromatic N) is 5. The molecule has 0 spiro atoms. The summed E-state index contributed by atoms with van der Waals surface area (Å²) in [6.45, 7) is 4.86. The van der Waals surface area contributed by atoms with Gasteiger partial charge in [0.15, 0.2) is 11.5 Å². The molecule has 5 N–H and O–H groups in total. The fraction of sp³-hybridized carbons (Fsp3) is 0.600. The predicted molar refractivity (Wildman–Crippen MR) is 89.7 cm³/mol. The molecule has 0 aromatic carbocycles. The average molecular weight is 366 g/mol. The number of hydrogen-bond acceptors (Lipinski definition) is 9. The number of carbonyl (C=O) groups is 1. The Morgan fingerprint density at radius 3 is 2.58 bits per heavy atom. The molecule has 11 nitrogen and oxygen atoms in total. The first-order valence-electron chi connectivity index (χ1n) is 8.07. The average Bonchev–Trinajstić information content (AvgIpc) is 2.96. The maximum atomic E-state index is 12.6. The molecule has 0 aliphatic carbocycles. The maximum absolute atomic E-state index is 12.6. The minimum absolute atomic E-state index is 0.142. The highest BCUT2D eigenvalue weighted by molar-refractivity contribution is 5.81. The van der Waals surface area contributed by atoms with Gasteiger partial charge in [-0.1, -0.05) is 0 Å². The third-order valence-corrected chi connectivity index (χ3v) is 4.05. The number of nitrogen functional groups attached to an aromatic ring is 1. The topological polar surface area (TPSA) is 160 Å². The van der Waals surface area contributed by atoms with Crippen LogP contribution in [-0.2, 0) is 4.74 Å². The Labute approximate surface area is 149 Å². The lowest BCUT2D eigenvalue weighted by Gasteiger charge is -2.44. The molecular formula is C15H22N6O5.